The van der Waals surface area contributed by atoms with E-state index in [1.54, 1.807) is 12.4 Å². The predicted octanol–water partition coefficient (Wildman–Crippen LogP) is 2.54. The maximum atomic E-state index is 5.32. The first-order chi connectivity index (χ1) is 11.7. The van der Waals surface area contributed by atoms with Crippen molar-refractivity contribution in [1.82, 2.24) is 34.9 Å². The minimum atomic E-state index is 0.286. The standard InChI is InChI=1S/C15H15N7OS/c1-9(2)14-18-19-15-22(14)20-12(24-15)4-3-11-17-13(21-23-11)10-5-7-16-8-6-10/h5-9H,3-4H2,1-2H3. The van der Waals surface area contributed by atoms with E-state index in [1.807, 2.05) is 16.6 Å². The van der Waals surface area contributed by atoms with E-state index in [1.165, 1.54) is 11.3 Å². The molecule has 4 aromatic rings. The SMILES string of the molecule is CC(C)c1nnc2sc(CCc3nc(-c4ccncc4)no3)nn12. The van der Waals surface area contributed by atoms with Gasteiger partial charge in [-0.2, -0.15) is 14.6 Å². The summed E-state index contributed by atoms with van der Waals surface area (Å²) >= 11 is 1.54. The summed E-state index contributed by atoms with van der Waals surface area (Å²) < 4.78 is 7.14. The lowest BCUT2D eigenvalue weighted by molar-refractivity contribution is 0.378. The molecule has 4 aromatic heterocycles. The van der Waals surface area contributed by atoms with Gasteiger partial charge in [-0.05, 0) is 12.1 Å². The summed E-state index contributed by atoms with van der Waals surface area (Å²) in [5.41, 5.74) is 0.889. The molecule has 0 aliphatic rings. The van der Waals surface area contributed by atoms with Crippen molar-refractivity contribution < 1.29 is 4.52 Å². The number of nitrogens with zero attached hydrogens (tertiary/aromatic N) is 7. The van der Waals surface area contributed by atoms with Gasteiger partial charge in [0.2, 0.25) is 16.7 Å². The van der Waals surface area contributed by atoms with Gasteiger partial charge in [0.15, 0.2) is 5.82 Å². The van der Waals surface area contributed by atoms with Crippen LogP contribution < -0.4 is 0 Å². The molecule has 0 aromatic carbocycles. The fraction of sp³-hybridized carbons (Fsp3) is 0.333. The van der Waals surface area contributed by atoms with Gasteiger partial charge >= 0.3 is 0 Å². The highest BCUT2D eigenvalue weighted by atomic mass is 32.1. The van der Waals surface area contributed by atoms with Crippen LogP contribution in [0.3, 0.4) is 0 Å². The third kappa shape index (κ3) is 2.78. The molecule has 122 valence electrons. The molecule has 0 aliphatic heterocycles. The lowest BCUT2D eigenvalue weighted by atomic mass is 10.2. The molecule has 0 amide bonds. The quantitative estimate of drug-likeness (QED) is 0.550. The number of hydrogen-bond donors (Lipinski definition) is 0. The number of aryl methyl sites for hydroxylation is 2. The lowest BCUT2D eigenvalue weighted by Crippen LogP contribution is -1.99. The Hall–Kier alpha value is -2.68. The van der Waals surface area contributed by atoms with Gasteiger partial charge in [-0.25, -0.2) is 0 Å². The van der Waals surface area contributed by atoms with Crippen molar-refractivity contribution >= 4 is 16.3 Å². The van der Waals surface area contributed by atoms with E-state index < -0.39 is 0 Å². The van der Waals surface area contributed by atoms with E-state index in [0.717, 1.165) is 27.8 Å². The maximum absolute atomic E-state index is 5.32. The zero-order chi connectivity index (χ0) is 16.5. The third-order valence-corrected chi connectivity index (χ3v) is 4.49. The monoisotopic (exact) mass is 341 g/mol. The Morgan fingerprint density at radius 1 is 1.17 bits per heavy atom. The summed E-state index contributed by atoms with van der Waals surface area (Å²) in [6.07, 6.45) is 4.77. The van der Waals surface area contributed by atoms with Crippen molar-refractivity contribution in [1.29, 1.82) is 0 Å². The minimum absolute atomic E-state index is 0.286. The molecule has 9 heteroatoms. The second kappa shape index (κ2) is 6.08. The summed E-state index contributed by atoms with van der Waals surface area (Å²) in [6.45, 7) is 4.16. The molecule has 0 fully saturated rings. The average Bonchev–Trinajstić information content (AvgIpc) is 3.28. The minimum Gasteiger partial charge on any atom is -0.339 e. The Labute approximate surface area is 141 Å². The van der Waals surface area contributed by atoms with Crippen molar-refractivity contribution in [2.75, 3.05) is 0 Å². The lowest BCUT2D eigenvalue weighted by Gasteiger charge is -1.97. The normalized spacial score (nSPS) is 11.6. The summed E-state index contributed by atoms with van der Waals surface area (Å²) in [4.78, 5) is 9.22. The molecule has 0 spiro atoms. The van der Waals surface area contributed by atoms with E-state index in [4.69, 9.17) is 4.52 Å². The Kier molecular flexibility index (Phi) is 3.77. The molecule has 0 bridgehead atoms. The van der Waals surface area contributed by atoms with E-state index in [-0.39, 0.29) is 5.92 Å². The molecule has 0 saturated carbocycles. The highest BCUT2D eigenvalue weighted by Crippen LogP contribution is 2.20. The highest BCUT2D eigenvalue weighted by molar-refractivity contribution is 7.16. The van der Waals surface area contributed by atoms with Crippen molar-refractivity contribution in [3.05, 3.63) is 41.2 Å². The van der Waals surface area contributed by atoms with Crippen LogP contribution in [0.5, 0.6) is 0 Å². The zero-order valence-corrected chi connectivity index (χ0v) is 14.1. The van der Waals surface area contributed by atoms with Crippen molar-refractivity contribution in [2.45, 2.75) is 32.6 Å². The van der Waals surface area contributed by atoms with Crippen LogP contribution >= 0.6 is 11.3 Å². The van der Waals surface area contributed by atoms with Crippen LogP contribution in [-0.2, 0) is 12.8 Å². The average molecular weight is 341 g/mol. The fourth-order valence-electron chi connectivity index (χ4n) is 2.32. The molecule has 0 N–H and O–H groups in total. The highest BCUT2D eigenvalue weighted by Gasteiger charge is 2.15. The second-order valence-corrected chi connectivity index (χ2v) is 6.69. The summed E-state index contributed by atoms with van der Waals surface area (Å²) in [6, 6.07) is 3.70. The van der Waals surface area contributed by atoms with Gasteiger partial charge in [-0.1, -0.05) is 30.3 Å². The molecule has 0 radical (unpaired) electrons. The van der Waals surface area contributed by atoms with Crippen molar-refractivity contribution in [3.63, 3.8) is 0 Å². The summed E-state index contributed by atoms with van der Waals surface area (Å²) in [5.74, 6) is 2.34. The molecule has 0 aliphatic carbocycles. The Bertz CT molecular complexity index is 957. The Balaban J connectivity index is 1.48. The first kappa shape index (κ1) is 14.9. The predicted molar refractivity (Wildman–Crippen MR) is 87.7 cm³/mol. The summed E-state index contributed by atoms with van der Waals surface area (Å²) in [5, 5.41) is 17.9. The van der Waals surface area contributed by atoms with Crippen molar-refractivity contribution in [3.8, 4) is 11.4 Å². The Morgan fingerprint density at radius 3 is 2.79 bits per heavy atom. The van der Waals surface area contributed by atoms with Crippen molar-refractivity contribution in [2.24, 2.45) is 0 Å². The number of hydrogen-bond acceptors (Lipinski definition) is 8. The zero-order valence-electron chi connectivity index (χ0n) is 13.2. The molecule has 4 rings (SSSR count). The van der Waals surface area contributed by atoms with E-state index in [9.17, 15) is 0 Å². The van der Waals surface area contributed by atoms with Gasteiger partial charge in [0.1, 0.15) is 5.01 Å². The summed E-state index contributed by atoms with van der Waals surface area (Å²) in [7, 11) is 0. The number of fused-ring (bicyclic) bond motifs is 1. The molecule has 0 saturated heterocycles. The van der Waals surface area contributed by atoms with Crippen LogP contribution in [0.2, 0.25) is 0 Å². The molecule has 24 heavy (non-hydrogen) atoms. The maximum Gasteiger partial charge on any atom is 0.234 e. The van der Waals surface area contributed by atoms with Crippen LogP contribution in [0.25, 0.3) is 16.3 Å². The van der Waals surface area contributed by atoms with Gasteiger partial charge in [0.05, 0.1) is 0 Å². The van der Waals surface area contributed by atoms with Gasteiger partial charge in [0.25, 0.3) is 0 Å². The van der Waals surface area contributed by atoms with Gasteiger partial charge in [0, 0.05) is 36.7 Å². The second-order valence-electron chi connectivity index (χ2n) is 5.65. The van der Waals surface area contributed by atoms with Crippen LogP contribution in [-0.4, -0.2) is 34.9 Å². The van der Waals surface area contributed by atoms with Gasteiger partial charge in [-0.3, -0.25) is 4.98 Å². The van der Waals surface area contributed by atoms with Gasteiger partial charge in [-0.15, -0.1) is 10.2 Å². The first-order valence-corrected chi connectivity index (χ1v) is 8.46. The molecular formula is C15H15N7OS. The van der Waals surface area contributed by atoms with E-state index >= 15 is 0 Å². The van der Waals surface area contributed by atoms with E-state index in [0.29, 0.717) is 18.1 Å². The topological polar surface area (TPSA) is 94.9 Å². The van der Waals surface area contributed by atoms with Gasteiger partial charge < -0.3 is 4.52 Å². The first-order valence-electron chi connectivity index (χ1n) is 7.64. The molecule has 0 unspecified atom stereocenters. The number of aromatic nitrogens is 7. The largest absolute Gasteiger partial charge is 0.339 e. The van der Waals surface area contributed by atoms with Crippen LogP contribution in [0.4, 0.5) is 0 Å². The van der Waals surface area contributed by atoms with Crippen LogP contribution in [0.15, 0.2) is 29.0 Å². The molecule has 4 heterocycles. The molecule has 8 nitrogen and oxygen atoms in total. The fourth-order valence-corrected chi connectivity index (χ4v) is 3.16. The van der Waals surface area contributed by atoms with Crippen LogP contribution in [0.1, 0.15) is 36.5 Å². The number of pyridine rings is 1. The smallest absolute Gasteiger partial charge is 0.234 e. The number of rotatable bonds is 5. The van der Waals surface area contributed by atoms with E-state index in [2.05, 4.69) is 44.3 Å². The molecular weight excluding hydrogens is 326 g/mol. The molecule has 0 atom stereocenters. The van der Waals surface area contributed by atoms with Crippen LogP contribution in [0, 0.1) is 0 Å². The third-order valence-electron chi connectivity index (χ3n) is 3.53. The Morgan fingerprint density at radius 2 is 2.00 bits per heavy atom.